The zero-order valence-corrected chi connectivity index (χ0v) is 15.9. The van der Waals surface area contributed by atoms with Gasteiger partial charge in [0.05, 0.1) is 0 Å². The summed E-state index contributed by atoms with van der Waals surface area (Å²) in [6.45, 7) is 3.37. The lowest BCUT2D eigenvalue weighted by molar-refractivity contribution is 0.413. The molecule has 1 aromatic heterocycles. The van der Waals surface area contributed by atoms with Crippen molar-refractivity contribution in [2.45, 2.75) is 32.6 Å². The Morgan fingerprint density at radius 3 is 2.83 bits per heavy atom. The van der Waals surface area contributed by atoms with Gasteiger partial charge in [-0.15, -0.1) is 23.7 Å². The van der Waals surface area contributed by atoms with Crippen LogP contribution >= 0.6 is 23.7 Å². The number of fused-ring (bicyclic) bond motifs is 3. The largest absolute Gasteiger partial charge is 0.305 e. The molecule has 1 saturated carbocycles. The maximum Gasteiger partial charge on any atom is 0.0420 e. The lowest BCUT2D eigenvalue weighted by Gasteiger charge is -2.29. The Hall–Kier alpha value is -0.830. The van der Waals surface area contributed by atoms with Crippen LogP contribution in [0.4, 0.5) is 0 Å². The van der Waals surface area contributed by atoms with Crippen LogP contribution in [-0.2, 0) is 0 Å². The summed E-state index contributed by atoms with van der Waals surface area (Å²) < 4.78 is 1.51. The maximum atomic E-state index is 2.38. The van der Waals surface area contributed by atoms with Gasteiger partial charge in [-0.3, -0.25) is 0 Å². The van der Waals surface area contributed by atoms with E-state index >= 15 is 0 Å². The molecule has 124 valence electrons. The van der Waals surface area contributed by atoms with Crippen LogP contribution in [0.1, 0.15) is 36.8 Å². The van der Waals surface area contributed by atoms with E-state index in [1.165, 1.54) is 46.9 Å². The van der Waals surface area contributed by atoms with Crippen molar-refractivity contribution in [2.75, 3.05) is 20.6 Å². The van der Waals surface area contributed by atoms with Gasteiger partial charge in [0.15, 0.2) is 0 Å². The number of allylic oxidation sites excluding steroid dienone is 1. The second-order valence-electron chi connectivity index (χ2n) is 7.44. The van der Waals surface area contributed by atoms with E-state index in [1.807, 2.05) is 11.3 Å². The second kappa shape index (κ2) is 6.58. The number of likely N-dealkylation sites (N-methyl/N-ethyl adjacent to an activating group) is 1. The fraction of sp³-hybridized carbons (Fsp3) is 0.500. The highest BCUT2D eigenvalue weighted by Gasteiger charge is 2.35. The minimum absolute atomic E-state index is 0. The van der Waals surface area contributed by atoms with Crippen LogP contribution in [0, 0.1) is 18.8 Å². The van der Waals surface area contributed by atoms with Gasteiger partial charge >= 0.3 is 0 Å². The van der Waals surface area contributed by atoms with Crippen LogP contribution in [0.3, 0.4) is 0 Å². The first-order valence-corrected chi connectivity index (χ1v) is 9.35. The molecule has 0 radical (unpaired) electrons. The lowest BCUT2D eigenvalue weighted by atomic mass is 9.79. The Labute approximate surface area is 149 Å². The number of thiophene rings is 1. The summed E-state index contributed by atoms with van der Waals surface area (Å²) in [5.74, 6) is 1.76. The van der Waals surface area contributed by atoms with Crippen molar-refractivity contribution in [3.8, 4) is 0 Å². The number of nitrogens with zero attached hydrogens (tertiary/aromatic N) is 1. The van der Waals surface area contributed by atoms with Crippen molar-refractivity contribution in [3.05, 3.63) is 40.3 Å². The number of benzene rings is 1. The van der Waals surface area contributed by atoms with Crippen LogP contribution < -0.4 is 0 Å². The first-order valence-electron chi connectivity index (χ1n) is 8.47. The Kier molecular flexibility index (Phi) is 4.87. The minimum Gasteiger partial charge on any atom is -0.305 e. The van der Waals surface area contributed by atoms with Crippen molar-refractivity contribution in [1.82, 2.24) is 4.90 Å². The Balaban J connectivity index is 0.00000156. The predicted molar refractivity (Wildman–Crippen MR) is 105 cm³/mol. The van der Waals surface area contributed by atoms with Crippen molar-refractivity contribution in [1.29, 1.82) is 0 Å². The first-order chi connectivity index (χ1) is 10.6. The van der Waals surface area contributed by atoms with E-state index in [0.717, 1.165) is 18.4 Å². The zero-order valence-electron chi connectivity index (χ0n) is 14.3. The molecule has 2 aromatic rings. The number of halogens is 1. The molecule has 0 aliphatic heterocycles. The average Bonchev–Trinajstić information content (AvgIpc) is 3.04. The topological polar surface area (TPSA) is 3.24 Å². The highest BCUT2D eigenvalue weighted by Crippen LogP contribution is 2.50. The van der Waals surface area contributed by atoms with Gasteiger partial charge in [0.2, 0.25) is 0 Å². The molecule has 0 unspecified atom stereocenters. The van der Waals surface area contributed by atoms with E-state index in [-0.39, 0.29) is 12.4 Å². The third kappa shape index (κ3) is 2.97. The first kappa shape index (κ1) is 17.0. The molecule has 2 bridgehead atoms. The molecule has 1 heterocycles. The van der Waals surface area contributed by atoms with Gasteiger partial charge in [0.25, 0.3) is 0 Å². The highest BCUT2D eigenvalue weighted by molar-refractivity contribution is 7.17. The number of hydrogen-bond donors (Lipinski definition) is 0. The minimum atomic E-state index is 0. The van der Waals surface area contributed by atoms with Gasteiger partial charge < -0.3 is 4.90 Å². The fourth-order valence-corrected chi connectivity index (χ4v) is 5.69. The molecular formula is C20H26ClNS. The molecule has 3 heteroatoms. The van der Waals surface area contributed by atoms with Crippen LogP contribution in [0.25, 0.3) is 15.7 Å². The molecule has 23 heavy (non-hydrogen) atoms. The molecule has 4 rings (SSSR count). The summed E-state index contributed by atoms with van der Waals surface area (Å²) >= 11 is 1.93. The monoisotopic (exact) mass is 347 g/mol. The molecule has 0 saturated heterocycles. The summed E-state index contributed by atoms with van der Waals surface area (Å²) in [6, 6.07) is 6.93. The summed E-state index contributed by atoms with van der Waals surface area (Å²) in [5.41, 5.74) is 6.38. The molecule has 0 spiro atoms. The van der Waals surface area contributed by atoms with Gasteiger partial charge in [-0.25, -0.2) is 0 Å². The summed E-state index contributed by atoms with van der Waals surface area (Å²) in [5, 5.41) is 3.78. The summed E-state index contributed by atoms with van der Waals surface area (Å²) in [4.78, 5) is 2.35. The zero-order chi connectivity index (χ0) is 15.3. The molecular weight excluding hydrogens is 322 g/mol. The van der Waals surface area contributed by atoms with Gasteiger partial charge in [-0.1, -0.05) is 23.8 Å². The number of hydrogen-bond acceptors (Lipinski definition) is 2. The smallest absolute Gasteiger partial charge is 0.0420 e. The molecule has 2 aliphatic rings. The summed E-state index contributed by atoms with van der Waals surface area (Å²) in [6.07, 6.45) is 5.58. The van der Waals surface area contributed by atoms with Crippen LogP contribution in [0.15, 0.2) is 29.2 Å². The van der Waals surface area contributed by atoms with E-state index < -0.39 is 0 Å². The summed E-state index contributed by atoms with van der Waals surface area (Å²) in [7, 11) is 4.41. The van der Waals surface area contributed by atoms with E-state index in [1.54, 1.807) is 11.1 Å². The molecule has 2 aliphatic carbocycles. The van der Waals surface area contributed by atoms with Crippen LogP contribution in [0.5, 0.6) is 0 Å². The second-order valence-corrected chi connectivity index (χ2v) is 8.32. The SMILES string of the molecule is Cc1csc2c(C3=C(CN(C)C)C[C@@H]4CC[C@H]3C4)cccc12.Cl. The fourth-order valence-electron chi connectivity index (χ4n) is 4.61. The highest BCUT2D eigenvalue weighted by atomic mass is 35.5. The quantitative estimate of drug-likeness (QED) is 0.681. The van der Waals surface area contributed by atoms with E-state index in [9.17, 15) is 0 Å². The van der Waals surface area contributed by atoms with Crippen LogP contribution in [0.2, 0.25) is 0 Å². The van der Waals surface area contributed by atoms with E-state index in [4.69, 9.17) is 0 Å². The number of aryl methyl sites for hydroxylation is 1. The van der Waals surface area contributed by atoms with Gasteiger partial charge in [-0.2, -0.15) is 0 Å². The standard InChI is InChI=1S/C20H25NS.ClH/c1-13-12-22-20-17(13)5-4-6-18(20)19-15-8-7-14(9-15)10-16(19)11-21(2)3;/h4-6,12,14-15H,7-11H2,1-3H3;1H/t14-,15+;/m1./s1. The third-order valence-corrected chi connectivity index (χ3v) is 6.60. The predicted octanol–water partition coefficient (Wildman–Crippen LogP) is 5.77. The van der Waals surface area contributed by atoms with Crippen LogP contribution in [-0.4, -0.2) is 25.5 Å². The lowest BCUT2D eigenvalue weighted by Crippen LogP contribution is -2.21. The van der Waals surface area contributed by atoms with Crippen molar-refractivity contribution in [3.63, 3.8) is 0 Å². The maximum absolute atomic E-state index is 2.38. The Morgan fingerprint density at radius 1 is 1.22 bits per heavy atom. The van der Waals surface area contributed by atoms with Gasteiger partial charge in [0.1, 0.15) is 0 Å². The van der Waals surface area contributed by atoms with Crippen molar-refractivity contribution >= 4 is 39.4 Å². The van der Waals surface area contributed by atoms with E-state index in [0.29, 0.717) is 0 Å². The normalized spacial score (nSPS) is 23.7. The van der Waals surface area contributed by atoms with E-state index in [2.05, 4.69) is 49.5 Å². The molecule has 1 nitrogen and oxygen atoms in total. The van der Waals surface area contributed by atoms with Gasteiger partial charge in [-0.05, 0) is 86.0 Å². The average molecular weight is 348 g/mol. The Bertz CT molecular complexity index is 743. The number of rotatable bonds is 3. The molecule has 0 N–H and O–H groups in total. The van der Waals surface area contributed by atoms with Crippen molar-refractivity contribution in [2.24, 2.45) is 11.8 Å². The molecule has 1 fully saturated rings. The van der Waals surface area contributed by atoms with Gasteiger partial charge in [0, 0.05) is 11.2 Å². The Morgan fingerprint density at radius 2 is 2.04 bits per heavy atom. The molecule has 2 atom stereocenters. The molecule has 1 aromatic carbocycles. The third-order valence-electron chi connectivity index (χ3n) is 5.46. The van der Waals surface area contributed by atoms with Crippen molar-refractivity contribution < 1.29 is 0 Å². The molecule has 0 amide bonds.